The Kier molecular flexibility index (Phi) is 6.74. The second-order valence-corrected chi connectivity index (χ2v) is 10.7. The molecule has 0 radical (unpaired) electrons. The standard InChI is InChI=1S/C23H25ClFN3O4S/c1-15-14-33(31,32)28(23(15)30)18-8-9-19(20(24)12-18)22(29)26-13-21(27-10-2-3-11-27)16-4-6-17(25)7-5-16/h4-9,12,15,21H,2-3,10-11,13-14H2,1H3,(H,26,29). The van der Waals surface area contributed by atoms with Crippen molar-refractivity contribution in [2.75, 3.05) is 29.7 Å². The first-order chi connectivity index (χ1) is 15.7. The molecule has 2 aliphatic heterocycles. The molecule has 4 rings (SSSR count). The molecule has 10 heteroatoms. The molecule has 2 amide bonds. The third-order valence-electron chi connectivity index (χ3n) is 6.08. The van der Waals surface area contributed by atoms with E-state index in [-0.39, 0.29) is 33.9 Å². The van der Waals surface area contributed by atoms with Gasteiger partial charge in [-0.05, 0) is 61.8 Å². The molecular weight excluding hydrogens is 469 g/mol. The maximum atomic E-state index is 13.4. The van der Waals surface area contributed by atoms with Crippen molar-refractivity contribution < 1.29 is 22.4 Å². The Morgan fingerprint density at radius 2 is 1.85 bits per heavy atom. The summed E-state index contributed by atoms with van der Waals surface area (Å²) in [5.41, 5.74) is 1.20. The molecule has 176 valence electrons. The highest BCUT2D eigenvalue weighted by molar-refractivity contribution is 7.94. The topological polar surface area (TPSA) is 86.8 Å². The smallest absolute Gasteiger partial charge is 0.252 e. The quantitative estimate of drug-likeness (QED) is 0.666. The number of nitrogens with zero attached hydrogens (tertiary/aromatic N) is 2. The SMILES string of the molecule is CC1CS(=O)(=O)N(c2ccc(C(=O)NCC(c3ccc(F)cc3)N3CCCC3)c(Cl)c2)C1=O. The average Bonchev–Trinajstić information content (AvgIpc) is 3.35. The monoisotopic (exact) mass is 493 g/mol. The maximum absolute atomic E-state index is 13.4. The summed E-state index contributed by atoms with van der Waals surface area (Å²) in [6.45, 7) is 3.65. The van der Waals surface area contributed by atoms with E-state index in [1.165, 1.54) is 30.3 Å². The van der Waals surface area contributed by atoms with E-state index < -0.39 is 27.8 Å². The zero-order valence-corrected chi connectivity index (χ0v) is 19.7. The van der Waals surface area contributed by atoms with Crippen LogP contribution < -0.4 is 9.62 Å². The number of sulfonamides is 1. The number of likely N-dealkylation sites (tertiary alicyclic amines) is 1. The van der Waals surface area contributed by atoms with Crippen LogP contribution in [0.1, 0.15) is 41.7 Å². The van der Waals surface area contributed by atoms with E-state index in [1.54, 1.807) is 19.1 Å². The van der Waals surface area contributed by atoms with Crippen molar-refractivity contribution in [2.45, 2.75) is 25.8 Å². The van der Waals surface area contributed by atoms with E-state index in [2.05, 4.69) is 10.2 Å². The maximum Gasteiger partial charge on any atom is 0.252 e. The zero-order chi connectivity index (χ0) is 23.8. The molecule has 0 bridgehead atoms. The van der Waals surface area contributed by atoms with Gasteiger partial charge in [0, 0.05) is 6.54 Å². The Hall–Kier alpha value is -2.49. The molecule has 2 atom stereocenters. The summed E-state index contributed by atoms with van der Waals surface area (Å²) in [6.07, 6.45) is 2.13. The predicted molar refractivity (Wildman–Crippen MR) is 124 cm³/mol. The highest BCUT2D eigenvalue weighted by atomic mass is 35.5. The van der Waals surface area contributed by atoms with E-state index in [0.717, 1.165) is 35.8 Å². The number of hydrogen-bond acceptors (Lipinski definition) is 5. The van der Waals surface area contributed by atoms with Crippen LogP contribution in [0.25, 0.3) is 0 Å². The van der Waals surface area contributed by atoms with Gasteiger partial charge in [-0.1, -0.05) is 30.7 Å². The van der Waals surface area contributed by atoms with Crippen LogP contribution in [-0.2, 0) is 14.8 Å². The highest BCUT2D eigenvalue weighted by Gasteiger charge is 2.42. The number of hydrogen-bond donors (Lipinski definition) is 1. The Morgan fingerprint density at radius 1 is 1.18 bits per heavy atom. The number of halogens is 2. The minimum atomic E-state index is -3.76. The summed E-state index contributed by atoms with van der Waals surface area (Å²) < 4.78 is 38.8. The molecule has 0 spiro atoms. The molecule has 33 heavy (non-hydrogen) atoms. The number of carbonyl (C=O) groups is 2. The summed E-state index contributed by atoms with van der Waals surface area (Å²) in [7, 11) is -3.76. The normalized spacial score (nSPS) is 21.4. The number of rotatable bonds is 6. The van der Waals surface area contributed by atoms with Crippen LogP contribution in [0.2, 0.25) is 5.02 Å². The predicted octanol–water partition coefficient (Wildman–Crippen LogP) is 3.36. The minimum Gasteiger partial charge on any atom is -0.350 e. The van der Waals surface area contributed by atoms with Gasteiger partial charge in [-0.3, -0.25) is 14.5 Å². The van der Waals surface area contributed by atoms with Gasteiger partial charge in [0.2, 0.25) is 15.9 Å². The summed E-state index contributed by atoms with van der Waals surface area (Å²) in [5.74, 6) is -2.14. The molecule has 2 aliphatic rings. The molecule has 0 aromatic heterocycles. The summed E-state index contributed by atoms with van der Waals surface area (Å²) in [4.78, 5) is 27.4. The average molecular weight is 494 g/mol. The van der Waals surface area contributed by atoms with Crippen molar-refractivity contribution in [1.82, 2.24) is 10.2 Å². The molecule has 2 heterocycles. The van der Waals surface area contributed by atoms with Crippen LogP contribution in [0.5, 0.6) is 0 Å². The first kappa shape index (κ1) is 23.7. The Labute approximate surface area is 197 Å². The Balaban J connectivity index is 1.50. The molecule has 7 nitrogen and oxygen atoms in total. The van der Waals surface area contributed by atoms with Gasteiger partial charge in [0.05, 0.1) is 34.0 Å². The van der Waals surface area contributed by atoms with E-state index in [1.807, 2.05) is 0 Å². The zero-order valence-electron chi connectivity index (χ0n) is 18.1. The third-order valence-corrected chi connectivity index (χ3v) is 8.27. The molecule has 2 unspecified atom stereocenters. The molecular formula is C23H25ClFN3O4S. The number of benzene rings is 2. The molecule has 2 aromatic rings. The van der Waals surface area contributed by atoms with Crippen molar-refractivity contribution in [3.63, 3.8) is 0 Å². The first-order valence-corrected chi connectivity index (χ1v) is 12.8. The van der Waals surface area contributed by atoms with Crippen LogP contribution in [0, 0.1) is 11.7 Å². The van der Waals surface area contributed by atoms with E-state index in [9.17, 15) is 22.4 Å². The fraction of sp³-hybridized carbons (Fsp3) is 0.391. The van der Waals surface area contributed by atoms with E-state index >= 15 is 0 Å². The van der Waals surface area contributed by atoms with Gasteiger partial charge in [0.25, 0.3) is 5.91 Å². The van der Waals surface area contributed by atoms with Gasteiger partial charge in [-0.2, -0.15) is 0 Å². The lowest BCUT2D eigenvalue weighted by atomic mass is 10.0. The van der Waals surface area contributed by atoms with Gasteiger partial charge < -0.3 is 5.32 Å². The van der Waals surface area contributed by atoms with Crippen LogP contribution in [0.15, 0.2) is 42.5 Å². The lowest BCUT2D eigenvalue weighted by molar-refractivity contribution is -0.119. The number of nitrogens with one attached hydrogen (secondary N) is 1. The number of amides is 2. The van der Waals surface area contributed by atoms with Crippen molar-refractivity contribution >= 4 is 39.1 Å². The first-order valence-electron chi connectivity index (χ1n) is 10.8. The Bertz CT molecular complexity index is 1170. The molecule has 2 saturated heterocycles. The van der Waals surface area contributed by atoms with Gasteiger partial charge >= 0.3 is 0 Å². The third kappa shape index (κ3) is 4.90. The van der Waals surface area contributed by atoms with Crippen LogP contribution in [-0.4, -0.2) is 50.5 Å². The molecule has 1 N–H and O–H groups in total. The van der Waals surface area contributed by atoms with Crippen molar-refractivity contribution in [3.05, 3.63) is 64.4 Å². The fourth-order valence-corrected chi connectivity index (χ4v) is 6.45. The lowest BCUT2D eigenvalue weighted by Gasteiger charge is -2.28. The van der Waals surface area contributed by atoms with Gasteiger partial charge in [-0.15, -0.1) is 0 Å². The number of carbonyl (C=O) groups excluding carboxylic acids is 2. The van der Waals surface area contributed by atoms with Crippen LogP contribution in [0.4, 0.5) is 10.1 Å². The van der Waals surface area contributed by atoms with Crippen molar-refractivity contribution in [2.24, 2.45) is 5.92 Å². The van der Waals surface area contributed by atoms with Crippen molar-refractivity contribution in [1.29, 1.82) is 0 Å². The minimum absolute atomic E-state index is 0.0482. The van der Waals surface area contributed by atoms with Gasteiger partial charge in [-0.25, -0.2) is 17.1 Å². The second-order valence-electron chi connectivity index (χ2n) is 8.47. The van der Waals surface area contributed by atoms with Crippen molar-refractivity contribution in [3.8, 4) is 0 Å². The van der Waals surface area contributed by atoms with Crippen LogP contribution in [0.3, 0.4) is 0 Å². The molecule has 0 aliphatic carbocycles. The Morgan fingerprint density at radius 3 is 2.42 bits per heavy atom. The highest BCUT2D eigenvalue weighted by Crippen LogP contribution is 2.31. The molecule has 2 fully saturated rings. The summed E-state index contributed by atoms with van der Waals surface area (Å²) >= 11 is 6.31. The summed E-state index contributed by atoms with van der Waals surface area (Å²) in [5, 5.41) is 2.94. The molecule has 2 aromatic carbocycles. The lowest BCUT2D eigenvalue weighted by Crippen LogP contribution is -2.37. The molecule has 0 saturated carbocycles. The number of anilines is 1. The largest absolute Gasteiger partial charge is 0.350 e. The fourth-order valence-electron chi connectivity index (χ4n) is 4.38. The van der Waals surface area contributed by atoms with Gasteiger partial charge in [0.15, 0.2) is 0 Å². The van der Waals surface area contributed by atoms with Crippen LogP contribution >= 0.6 is 11.6 Å². The van der Waals surface area contributed by atoms with E-state index in [4.69, 9.17) is 11.6 Å². The van der Waals surface area contributed by atoms with E-state index in [0.29, 0.717) is 6.54 Å². The summed E-state index contributed by atoms with van der Waals surface area (Å²) in [6, 6.07) is 10.3. The second kappa shape index (κ2) is 9.40. The van der Waals surface area contributed by atoms with Gasteiger partial charge in [0.1, 0.15) is 5.82 Å².